The van der Waals surface area contributed by atoms with E-state index in [9.17, 15) is 4.79 Å². The van der Waals surface area contributed by atoms with Gasteiger partial charge >= 0.3 is 6.03 Å². The Bertz CT molecular complexity index is 1560. The lowest BCUT2D eigenvalue weighted by molar-refractivity contribution is 0.262. The van der Waals surface area contributed by atoms with Gasteiger partial charge in [-0.05, 0) is 54.6 Å². The van der Waals surface area contributed by atoms with Crippen molar-refractivity contribution >= 4 is 39.8 Å². The minimum atomic E-state index is -0.336. The van der Waals surface area contributed by atoms with Crippen LogP contribution in [0.1, 0.15) is 0 Å². The maximum Gasteiger partial charge on any atom is 0.323 e. The average Bonchev–Trinajstić information content (AvgIpc) is 2.94. The highest BCUT2D eigenvalue weighted by molar-refractivity contribution is 5.99. The second-order valence-corrected chi connectivity index (χ2v) is 8.17. The van der Waals surface area contributed by atoms with E-state index in [0.717, 1.165) is 16.6 Å². The van der Waals surface area contributed by atoms with Gasteiger partial charge in [-0.1, -0.05) is 24.3 Å². The van der Waals surface area contributed by atoms with Crippen LogP contribution >= 0.6 is 0 Å². The highest BCUT2D eigenvalue weighted by atomic mass is 16.5. The largest absolute Gasteiger partial charge is 0.493 e. The summed E-state index contributed by atoms with van der Waals surface area (Å²) < 4.78 is 16.8. The molecule has 0 bridgehead atoms. The molecule has 0 aliphatic heterocycles. The molecule has 0 aliphatic carbocycles. The Kier molecular flexibility index (Phi) is 7.17. The van der Waals surface area contributed by atoms with Crippen LogP contribution < -0.4 is 30.2 Å². The summed E-state index contributed by atoms with van der Waals surface area (Å²) in [6.07, 6.45) is 1.50. The van der Waals surface area contributed by atoms with Crippen molar-refractivity contribution in [3.8, 4) is 23.0 Å². The third kappa shape index (κ3) is 5.73. The van der Waals surface area contributed by atoms with Gasteiger partial charge in [0, 0.05) is 34.6 Å². The second-order valence-electron chi connectivity index (χ2n) is 8.17. The Balaban J connectivity index is 1.25. The predicted octanol–water partition coefficient (Wildman–Crippen LogP) is 6.83. The van der Waals surface area contributed by atoms with Crippen molar-refractivity contribution in [2.24, 2.45) is 0 Å². The quantitative estimate of drug-likeness (QED) is 0.211. The summed E-state index contributed by atoms with van der Waals surface area (Å²) in [5.74, 6) is 3.06. The van der Waals surface area contributed by atoms with E-state index in [0.29, 0.717) is 40.2 Å². The molecule has 9 heteroatoms. The maximum atomic E-state index is 12.3. The van der Waals surface area contributed by atoms with Crippen LogP contribution in [0.15, 0.2) is 97.3 Å². The number of benzene rings is 4. The summed E-state index contributed by atoms with van der Waals surface area (Å²) in [5, 5.41) is 9.72. The Morgan fingerprint density at radius 2 is 1.39 bits per heavy atom. The third-order valence-corrected chi connectivity index (χ3v) is 5.62. The fraction of sp³-hybridized carbons (Fsp3) is 0.0690. The number of hydrogen-bond acceptors (Lipinski definition) is 7. The highest BCUT2D eigenvalue weighted by Gasteiger charge is 2.11. The molecule has 1 aromatic heterocycles. The van der Waals surface area contributed by atoms with Crippen LogP contribution in [-0.2, 0) is 0 Å². The molecule has 0 unspecified atom stereocenters. The second kappa shape index (κ2) is 11.2. The summed E-state index contributed by atoms with van der Waals surface area (Å²) in [6, 6.07) is 27.2. The summed E-state index contributed by atoms with van der Waals surface area (Å²) in [6.45, 7) is 0. The van der Waals surface area contributed by atoms with Gasteiger partial charge in [0.2, 0.25) is 0 Å². The molecule has 5 rings (SSSR count). The fourth-order valence-corrected chi connectivity index (χ4v) is 3.81. The van der Waals surface area contributed by atoms with Gasteiger partial charge in [0.25, 0.3) is 0 Å². The zero-order valence-corrected chi connectivity index (χ0v) is 20.8. The highest BCUT2D eigenvalue weighted by Crippen LogP contribution is 2.34. The number of nitrogens with one attached hydrogen (secondary N) is 3. The van der Waals surface area contributed by atoms with Crippen LogP contribution in [0.25, 0.3) is 10.9 Å². The van der Waals surface area contributed by atoms with E-state index in [1.54, 1.807) is 26.4 Å². The first-order chi connectivity index (χ1) is 18.6. The molecule has 0 fully saturated rings. The van der Waals surface area contributed by atoms with Gasteiger partial charge in [-0.25, -0.2) is 14.8 Å². The number of aromatic nitrogens is 2. The zero-order chi connectivity index (χ0) is 26.3. The molecule has 3 N–H and O–H groups in total. The molecule has 0 saturated heterocycles. The van der Waals surface area contributed by atoms with Crippen molar-refractivity contribution < 1.29 is 19.0 Å². The summed E-state index contributed by atoms with van der Waals surface area (Å²) in [4.78, 5) is 21.0. The van der Waals surface area contributed by atoms with Crippen molar-refractivity contribution in [3.63, 3.8) is 0 Å². The van der Waals surface area contributed by atoms with Gasteiger partial charge in [-0.2, -0.15) is 0 Å². The van der Waals surface area contributed by atoms with Crippen LogP contribution in [0.4, 0.5) is 27.7 Å². The van der Waals surface area contributed by atoms with E-state index in [4.69, 9.17) is 14.2 Å². The molecule has 9 nitrogen and oxygen atoms in total. The number of nitrogens with zero attached hydrogens (tertiary/aromatic N) is 2. The van der Waals surface area contributed by atoms with Gasteiger partial charge in [-0.3, -0.25) is 0 Å². The molecule has 0 aliphatic rings. The number of fused-ring (bicyclic) bond motifs is 1. The number of carbonyl (C=O) groups excluding carboxylic acids is 1. The number of hydrogen-bond donors (Lipinski definition) is 3. The van der Waals surface area contributed by atoms with Gasteiger partial charge in [0.15, 0.2) is 11.5 Å². The predicted molar refractivity (Wildman–Crippen MR) is 148 cm³/mol. The number of rotatable bonds is 8. The van der Waals surface area contributed by atoms with Crippen molar-refractivity contribution in [2.45, 2.75) is 0 Å². The van der Waals surface area contributed by atoms with Crippen LogP contribution in [0.2, 0.25) is 0 Å². The molecule has 4 aromatic carbocycles. The molecular formula is C29H25N5O4. The van der Waals surface area contributed by atoms with Crippen molar-refractivity contribution in [2.75, 3.05) is 30.2 Å². The molecule has 0 radical (unpaired) electrons. The smallest absolute Gasteiger partial charge is 0.323 e. The maximum absolute atomic E-state index is 12.3. The van der Waals surface area contributed by atoms with Gasteiger partial charge in [0.05, 0.1) is 19.7 Å². The minimum absolute atomic E-state index is 0.336. The number of anilines is 4. The minimum Gasteiger partial charge on any atom is -0.493 e. The van der Waals surface area contributed by atoms with Gasteiger partial charge < -0.3 is 30.2 Å². The number of urea groups is 1. The summed E-state index contributed by atoms with van der Waals surface area (Å²) >= 11 is 0. The summed E-state index contributed by atoms with van der Waals surface area (Å²) in [7, 11) is 3.17. The fourth-order valence-electron chi connectivity index (χ4n) is 3.81. The van der Waals surface area contributed by atoms with Crippen molar-refractivity contribution in [1.29, 1.82) is 0 Å². The molecule has 1 heterocycles. The van der Waals surface area contributed by atoms with E-state index < -0.39 is 0 Å². The lowest BCUT2D eigenvalue weighted by Gasteiger charge is -2.13. The van der Waals surface area contributed by atoms with Crippen LogP contribution in [0, 0.1) is 0 Å². The number of methoxy groups -OCH3 is 2. The Morgan fingerprint density at radius 1 is 0.684 bits per heavy atom. The first-order valence-electron chi connectivity index (χ1n) is 11.8. The first kappa shape index (κ1) is 24.4. The Labute approximate surface area is 219 Å². The van der Waals surface area contributed by atoms with Crippen LogP contribution in [-0.4, -0.2) is 30.2 Å². The van der Waals surface area contributed by atoms with E-state index in [1.807, 2.05) is 78.9 Å². The van der Waals surface area contributed by atoms with Crippen molar-refractivity contribution in [1.82, 2.24) is 9.97 Å². The van der Waals surface area contributed by atoms with E-state index in [-0.39, 0.29) is 6.03 Å². The number of amides is 2. The molecule has 0 spiro atoms. The lowest BCUT2D eigenvalue weighted by atomic mass is 10.2. The van der Waals surface area contributed by atoms with E-state index in [2.05, 4.69) is 25.9 Å². The standard InChI is InChI=1S/C29H25N5O4/c1-36-26-16-24-25(17-27(26)37-2)30-18-31-28(24)32-20-11-13-22(14-12-20)38-23-10-6-9-21(15-23)34-29(35)33-19-7-4-3-5-8-19/h3-18H,1-2H3,(H,30,31,32)(H2,33,34,35). The number of carbonyl (C=O) groups is 1. The SMILES string of the molecule is COc1cc2ncnc(Nc3ccc(Oc4cccc(NC(=O)Nc5ccccc5)c4)cc3)c2cc1OC. The number of para-hydroxylation sites is 1. The van der Waals surface area contributed by atoms with Gasteiger partial charge in [0.1, 0.15) is 23.6 Å². The summed E-state index contributed by atoms with van der Waals surface area (Å²) in [5.41, 5.74) is 2.86. The van der Waals surface area contributed by atoms with Crippen LogP contribution in [0.3, 0.4) is 0 Å². The van der Waals surface area contributed by atoms with Crippen molar-refractivity contribution in [3.05, 3.63) is 97.3 Å². The van der Waals surface area contributed by atoms with E-state index >= 15 is 0 Å². The molecule has 190 valence electrons. The molecule has 0 saturated carbocycles. The third-order valence-electron chi connectivity index (χ3n) is 5.62. The Morgan fingerprint density at radius 3 is 2.16 bits per heavy atom. The molecular weight excluding hydrogens is 482 g/mol. The monoisotopic (exact) mass is 507 g/mol. The Hall–Kier alpha value is -5.31. The van der Waals surface area contributed by atoms with Gasteiger partial charge in [-0.15, -0.1) is 0 Å². The normalized spacial score (nSPS) is 10.5. The zero-order valence-electron chi connectivity index (χ0n) is 20.8. The average molecular weight is 508 g/mol. The van der Waals surface area contributed by atoms with E-state index in [1.165, 1.54) is 6.33 Å². The first-order valence-corrected chi connectivity index (χ1v) is 11.8. The molecule has 0 atom stereocenters. The molecule has 5 aromatic rings. The molecule has 38 heavy (non-hydrogen) atoms. The van der Waals surface area contributed by atoms with Crippen LogP contribution in [0.5, 0.6) is 23.0 Å². The topological polar surface area (TPSA) is 107 Å². The number of ether oxygens (including phenoxy) is 3. The lowest BCUT2D eigenvalue weighted by Crippen LogP contribution is -2.19. The molecule has 2 amide bonds.